The summed E-state index contributed by atoms with van der Waals surface area (Å²) in [4.78, 5) is 31.3. The molecule has 35 heavy (non-hydrogen) atoms. The molecule has 0 unspecified atom stereocenters. The Labute approximate surface area is 213 Å². The smallest absolute Gasteiger partial charge is 0.411 e. The van der Waals surface area contributed by atoms with Crippen LogP contribution in [0.25, 0.3) is 11.1 Å². The van der Waals surface area contributed by atoms with E-state index in [1.54, 1.807) is 0 Å². The number of carbonyl (C=O) groups excluding carboxylic acids is 1. The number of benzene rings is 2. The minimum atomic E-state index is -1.04. The molecule has 1 aliphatic carbocycles. The topological polar surface area (TPSA) is 103 Å². The largest absolute Gasteiger partial charge is 0.480 e. The summed E-state index contributed by atoms with van der Waals surface area (Å²) < 4.78 is 5.08. The lowest BCUT2D eigenvalue weighted by Crippen LogP contribution is -2.47. The fraction of sp³-hybridized carbons (Fsp3) is 0.423. The van der Waals surface area contributed by atoms with E-state index in [9.17, 15) is 14.7 Å². The van der Waals surface area contributed by atoms with E-state index >= 15 is 0 Å². The number of aliphatic carboxylic acids is 1. The third-order valence-electron chi connectivity index (χ3n) is 5.93. The number of amides is 1. The van der Waals surface area contributed by atoms with Crippen molar-refractivity contribution in [2.75, 3.05) is 26.7 Å². The molecule has 0 saturated carbocycles. The molecule has 0 spiro atoms. The molecule has 3 N–H and O–H groups in total. The lowest BCUT2D eigenvalue weighted by molar-refractivity contribution is -0.143. The van der Waals surface area contributed by atoms with Gasteiger partial charge in [-0.15, -0.1) is 12.4 Å². The van der Waals surface area contributed by atoms with Gasteiger partial charge in [-0.25, -0.2) is 9.59 Å². The molecule has 1 aliphatic rings. The molecule has 9 heteroatoms. The number of hydrogen-bond acceptors (Lipinski definition) is 4. The average molecular weight is 503 g/mol. The Morgan fingerprint density at radius 3 is 2.03 bits per heavy atom. The molecule has 0 bridgehead atoms. The molecular formula is C26H35ClN4O4. The van der Waals surface area contributed by atoms with Crippen LogP contribution in [0.1, 0.15) is 50.3 Å². The monoisotopic (exact) mass is 502 g/mol. The van der Waals surface area contributed by atoms with E-state index in [-0.39, 0.29) is 12.4 Å². The van der Waals surface area contributed by atoms with Crippen LogP contribution in [0.3, 0.4) is 0 Å². The average Bonchev–Trinajstić information content (AvgIpc) is 3.17. The molecule has 0 aromatic heterocycles. The van der Waals surface area contributed by atoms with Crippen molar-refractivity contribution in [3.8, 4) is 11.1 Å². The highest BCUT2D eigenvalue weighted by Gasteiger charge is 2.41. The van der Waals surface area contributed by atoms with E-state index in [1.165, 1.54) is 12.0 Å². The van der Waals surface area contributed by atoms with Crippen molar-refractivity contribution in [2.45, 2.75) is 45.2 Å². The normalized spacial score (nSPS) is 12.4. The molecule has 0 radical (unpaired) electrons. The molecule has 1 amide bonds. The zero-order chi connectivity index (χ0) is 24.5. The third-order valence-corrected chi connectivity index (χ3v) is 5.93. The molecule has 8 nitrogen and oxygen atoms in total. The van der Waals surface area contributed by atoms with Crippen LogP contribution in [0.5, 0.6) is 0 Å². The molecule has 3 rings (SSSR count). The maximum Gasteiger partial charge on any atom is 0.411 e. The molecule has 0 saturated heterocycles. The van der Waals surface area contributed by atoms with Gasteiger partial charge < -0.3 is 20.5 Å². The number of carboxylic acids is 1. The van der Waals surface area contributed by atoms with Crippen molar-refractivity contribution in [1.29, 1.82) is 0 Å². The predicted octanol–water partition coefficient (Wildman–Crippen LogP) is 4.45. The summed E-state index contributed by atoms with van der Waals surface area (Å²) in [7, 11) is 1.29. The number of carboxylic acid groups (broad SMARTS) is 1. The van der Waals surface area contributed by atoms with Crippen LogP contribution < -0.4 is 10.6 Å². The second-order valence-corrected chi connectivity index (χ2v) is 8.10. The van der Waals surface area contributed by atoms with Gasteiger partial charge in [0.15, 0.2) is 5.96 Å². The third kappa shape index (κ3) is 6.45. The number of rotatable bonds is 10. The van der Waals surface area contributed by atoms with Gasteiger partial charge in [0, 0.05) is 19.6 Å². The van der Waals surface area contributed by atoms with Crippen molar-refractivity contribution in [3.05, 3.63) is 59.7 Å². The van der Waals surface area contributed by atoms with Crippen LogP contribution >= 0.6 is 12.4 Å². The number of nitrogens with one attached hydrogen (secondary N) is 2. The highest BCUT2D eigenvalue weighted by molar-refractivity contribution is 5.86. The van der Waals surface area contributed by atoms with Crippen LogP contribution in [-0.2, 0) is 9.53 Å². The van der Waals surface area contributed by atoms with Crippen molar-refractivity contribution in [1.82, 2.24) is 15.5 Å². The summed E-state index contributed by atoms with van der Waals surface area (Å²) in [5, 5.41) is 16.5. The first-order valence-electron chi connectivity index (χ1n) is 11.8. The Balaban J connectivity index is 0.00000432. The number of unbranched alkanes of at least 4 members (excludes halogenated alkanes) is 1. The highest BCUT2D eigenvalue weighted by atomic mass is 35.5. The van der Waals surface area contributed by atoms with E-state index in [2.05, 4.69) is 15.6 Å². The van der Waals surface area contributed by atoms with Gasteiger partial charge in [0.25, 0.3) is 0 Å². The van der Waals surface area contributed by atoms with Crippen molar-refractivity contribution in [3.63, 3.8) is 0 Å². The molecule has 0 aliphatic heterocycles. The fourth-order valence-corrected chi connectivity index (χ4v) is 4.48. The molecule has 2 aromatic carbocycles. The maximum atomic E-state index is 13.0. The fourth-order valence-electron chi connectivity index (χ4n) is 4.48. The Hall–Kier alpha value is -3.26. The summed E-state index contributed by atoms with van der Waals surface area (Å²) in [6.07, 6.45) is 0.966. The standard InChI is InChI=1S/C26H34N4O4.ClH/c1-4-27-25(28-5-2)29-17-11-10-16-22(24(31)32)30(26(33)34-3)23-20-14-8-6-12-18(20)19-13-7-9-15-21(19)23;/h6-9,12-15,22-23H,4-5,10-11,16-17H2,1-3H3,(H,31,32)(H2,27,28,29);1H/t22-;/m0./s1. The molecule has 190 valence electrons. The quantitative estimate of drug-likeness (QED) is 0.252. The molecule has 0 fully saturated rings. The van der Waals surface area contributed by atoms with Gasteiger partial charge in [0.2, 0.25) is 0 Å². The van der Waals surface area contributed by atoms with Crippen LogP contribution in [-0.4, -0.2) is 60.8 Å². The Kier molecular flexibility index (Phi) is 10.9. The lowest BCUT2D eigenvalue weighted by atomic mass is 9.99. The number of hydrogen-bond donors (Lipinski definition) is 3. The van der Waals surface area contributed by atoms with Gasteiger partial charge in [-0.3, -0.25) is 9.89 Å². The number of ether oxygens (including phenoxy) is 1. The second kappa shape index (κ2) is 13.6. The molecule has 2 aromatic rings. The molecule has 1 atom stereocenters. The zero-order valence-electron chi connectivity index (χ0n) is 20.5. The molecular weight excluding hydrogens is 468 g/mol. The van der Waals surface area contributed by atoms with Crippen molar-refractivity contribution < 1.29 is 19.4 Å². The van der Waals surface area contributed by atoms with Crippen LogP contribution in [0, 0.1) is 0 Å². The number of aliphatic imine (C=N–C) groups is 1. The summed E-state index contributed by atoms with van der Waals surface area (Å²) >= 11 is 0. The van der Waals surface area contributed by atoms with Crippen molar-refractivity contribution >= 4 is 30.4 Å². The van der Waals surface area contributed by atoms with Crippen LogP contribution in [0.2, 0.25) is 0 Å². The van der Waals surface area contributed by atoms with Gasteiger partial charge >= 0.3 is 12.1 Å². The lowest BCUT2D eigenvalue weighted by Gasteiger charge is -2.34. The first-order valence-corrected chi connectivity index (χ1v) is 11.8. The van der Waals surface area contributed by atoms with Crippen LogP contribution in [0.4, 0.5) is 4.79 Å². The number of guanidine groups is 1. The second-order valence-electron chi connectivity index (χ2n) is 8.10. The minimum Gasteiger partial charge on any atom is -0.480 e. The highest BCUT2D eigenvalue weighted by Crippen LogP contribution is 2.47. The van der Waals surface area contributed by atoms with Gasteiger partial charge in [-0.1, -0.05) is 48.5 Å². The van der Waals surface area contributed by atoms with Gasteiger partial charge in [-0.2, -0.15) is 0 Å². The van der Waals surface area contributed by atoms with E-state index in [4.69, 9.17) is 4.74 Å². The summed E-state index contributed by atoms with van der Waals surface area (Å²) in [6, 6.07) is 14.1. The Morgan fingerprint density at radius 2 is 1.54 bits per heavy atom. The minimum absolute atomic E-state index is 0. The van der Waals surface area contributed by atoms with Gasteiger partial charge in [-0.05, 0) is 55.4 Å². The maximum absolute atomic E-state index is 13.0. The first kappa shape index (κ1) is 28.0. The first-order chi connectivity index (χ1) is 16.5. The summed E-state index contributed by atoms with van der Waals surface area (Å²) in [5.74, 6) is -0.299. The SMILES string of the molecule is CCNC(=NCCCC[C@@H](C(=O)O)N(C(=O)OC)C1c2ccccc2-c2ccccc21)NCC.Cl. The summed E-state index contributed by atoms with van der Waals surface area (Å²) in [5.41, 5.74) is 3.83. The number of fused-ring (bicyclic) bond motifs is 3. The number of methoxy groups -OCH3 is 1. The Morgan fingerprint density at radius 1 is 1.00 bits per heavy atom. The van der Waals surface area contributed by atoms with E-state index < -0.39 is 24.1 Å². The zero-order valence-corrected chi connectivity index (χ0v) is 21.3. The predicted molar refractivity (Wildman–Crippen MR) is 140 cm³/mol. The van der Waals surface area contributed by atoms with Crippen LogP contribution in [0.15, 0.2) is 53.5 Å². The van der Waals surface area contributed by atoms with Gasteiger partial charge in [0.1, 0.15) is 6.04 Å². The number of halogens is 1. The molecule has 0 heterocycles. The number of carbonyl (C=O) groups is 2. The Bertz CT molecular complexity index is 976. The van der Waals surface area contributed by atoms with E-state index in [1.807, 2.05) is 62.4 Å². The van der Waals surface area contributed by atoms with E-state index in [0.717, 1.165) is 41.3 Å². The summed E-state index contributed by atoms with van der Waals surface area (Å²) in [6.45, 7) is 6.11. The van der Waals surface area contributed by atoms with Gasteiger partial charge in [0.05, 0.1) is 13.2 Å². The number of nitrogens with zero attached hydrogens (tertiary/aromatic N) is 2. The van der Waals surface area contributed by atoms with Crippen molar-refractivity contribution in [2.24, 2.45) is 4.99 Å². The van der Waals surface area contributed by atoms with E-state index in [0.29, 0.717) is 25.8 Å².